The highest BCUT2D eigenvalue weighted by atomic mass is 19.4. The number of ether oxygens (including phenoxy) is 1. The molecule has 0 rings (SSSR count). The van der Waals surface area contributed by atoms with Crippen LogP contribution in [0.2, 0.25) is 0 Å². The summed E-state index contributed by atoms with van der Waals surface area (Å²) < 4.78 is 39.3. The smallest absolute Gasteiger partial charge is 0.480 e. The molecule has 94 valence electrons. The number of hydrogen-bond acceptors (Lipinski definition) is 4. The van der Waals surface area contributed by atoms with E-state index in [0.29, 0.717) is 0 Å². The maximum atomic E-state index is 11.7. The van der Waals surface area contributed by atoms with Crippen LogP contribution in [0.4, 0.5) is 13.2 Å². The van der Waals surface area contributed by atoms with Crippen LogP contribution < -0.4 is 5.73 Å². The normalized spacial score (nSPS) is 15.3. The molecule has 0 aromatic carbocycles. The van der Waals surface area contributed by atoms with E-state index in [2.05, 4.69) is 4.74 Å². The Balaban J connectivity index is 3.96. The number of nitrogens with two attached hydrogens (primary N) is 1. The van der Waals surface area contributed by atoms with Crippen LogP contribution in [-0.2, 0) is 14.3 Å². The molecule has 0 aliphatic rings. The lowest BCUT2D eigenvalue weighted by Crippen LogP contribution is -2.33. The summed E-state index contributed by atoms with van der Waals surface area (Å²) in [5.74, 6) is -3.54. The summed E-state index contributed by atoms with van der Waals surface area (Å²) in [5.41, 5.74) is 5.12. The molecule has 0 aromatic heterocycles. The first kappa shape index (κ1) is 14.7. The van der Waals surface area contributed by atoms with E-state index in [-0.39, 0.29) is 12.8 Å². The van der Waals surface area contributed by atoms with Crippen LogP contribution in [0.3, 0.4) is 0 Å². The van der Waals surface area contributed by atoms with Gasteiger partial charge in [0.25, 0.3) is 0 Å². The maximum Gasteiger partial charge on any atom is 0.490 e. The second-order valence-corrected chi connectivity index (χ2v) is 3.24. The minimum absolute atomic E-state index is 0.0463. The Bertz CT molecular complexity index is 266. The minimum Gasteiger partial charge on any atom is -0.480 e. The Morgan fingerprint density at radius 2 is 1.88 bits per heavy atom. The molecule has 0 aliphatic heterocycles. The predicted molar refractivity (Wildman–Crippen MR) is 46.5 cm³/mol. The number of halogens is 3. The van der Waals surface area contributed by atoms with Crippen molar-refractivity contribution in [2.75, 3.05) is 0 Å². The summed E-state index contributed by atoms with van der Waals surface area (Å²) in [4.78, 5) is 20.6. The van der Waals surface area contributed by atoms with Gasteiger partial charge in [0.05, 0.1) is 6.10 Å². The summed E-state index contributed by atoms with van der Waals surface area (Å²) in [6.45, 7) is 1.23. The van der Waals surface area contributed by atoms with Crippen molar-refractivity contribution in [3.63, 3.8) is 0 Å². The third-order valence-corrected chi connectivity index (χ3v) is 1.74. The number of alkyl halides is 3. The highest BCUT2D eigenvalue weighted by Crippen LogP contribution is 2.18. The Morgan fingerprint density at radius 1 is 1.38 bits per heavy atom. The van der Waals surface area contributed by atoms with Crippen LogP contribution in [0.25, 0.3) is 0 Å². The lowest BCUT2D eigenvalue weighted by atomic mass is 10.1. The van der Waals surface area contributed by atoms with Crippen molar-refractivity contribution >= 4 is 11.9 Å². The topological polar surface area (TPSA) is 89.6 Å². The minimum atomic E-state index is -5.04. The largest absolute Gasteiger partial charge is 0.490 e. The van der Waals surface area contributed by atoms with E-state index >= 15 is 0 Å². The molecule has 0 amide bonds. The molecular weight excluding hydrogens is 231 g/mol. The highest BCUT2D eigenvalue weighted by Gasteiger charge is 2.41. The molecule has 2 atom stereocenters. The van der Waals surface area contributed by atoms with Crippen LogP contribution in [0.5, 0.6) is 0 Å². The fraction of sp³-hybridized carbons (Fsp3) is 0.750. The van der Waals surface area contributed by atoms with Crippen LogP contribution in [0.15, 0.2) is 0 Å². The molecule has 5 nitrogen and oxygen atoms in total. The van der Waals surface area contributed by atoms with Crippen LogP contribution >= 0.6 is 0 Å². The first-order chi connectivity index (χ1) is 7.14. The monoisotopic (exact) mass is 243 g/mol. The second kappa shape index (κ2) is 5.69. The molecular formula is C8H12F3NO4. The van der Waals surface area contributed by atoms with Gasteiger partial charge in [-0.3, -0.25) is 4.79 Å². The Kier molecular flexibility index (Phi) is 5.22. The molecule has 0 fully saturated rings. The van der Waals surface area contributed by atoms with Gasteiger partial charge in [-0.15, -0.1) is 0 Å². The molecule has 0 aliphatic carbocycles. The second-order valence-electron chi connectivity index (χ2n) is 3.24. The highest BCUT2D eigenvalue weighted by molar-refractivity contribution is 5.75. The van der Waals surface area contributed by atoms with E-state index in [1.807, 2.05) is 0 Å². The fourth-order valence-corrected chi connectivity index (χ4v) is 0.846. The number of esters is 1. The third-order valence-electron chi connectivity index (χ3n) is 1.74. The quantitative estimate of drug-likeness (QED) is 0.693. The molecule has 0 aromatic rings. The average Bonchev–Trinajstić information content (AvgIpc) is 2.12. The van der Waals surface area contributed by atoms with Crippen LogP contribution in [-0.4, -0.2) is 35.4 Å². The van der Waals surface area contributed by atoms with Crippen LogP contribution in [0.1, 0.15) is 19.8 Å². The van der Waals surface area contributed by atoms with E-state index in [1.165, 1.54) is 6.92 Å². The van der Waals surface area contributed by atoms with Crippen molar-refractivity contribution < 1.29 is 32.6 Å². The Hall–Kier alpha value is -1.31. The zero-order valence-electron chi connectivity index (χ0n) is 8.45. The van der Waals surface area contributed by atoms with Crippen molar-refractivity contribution in [1.82, 2.24) is 0 Å². The number of aliphatic carboxylic acids is 1. The lowest BCUT2D eigenvalue weighted by Gasteiger charge is -2.15. The SMILES string of the molecule is CC(CCC(N)C(=O)O)OC(=O)C(F)(F)F. The number of carbonyl (C=O) groups is 2. The summed E-state index contributed by atoms with van der Waals surface area (Å²) in [6.07, 6.45) is -6.18. The zero-order chi connectivity index (χ0) is 12.9. The molecule has 2 unspecified atom stereocenters. The van der Waals surface area contributed by atoms with E-state index in [1.54, 1.807) is 0 Å². The number of carbonyl (C=O) groups excluding carboxylic acids is 1. The molecule has 3 N–H and O–H groups in total. The van der Waals surface area contributed by atoms with Crippen molar-refractivity contribution in [3.8, 4) is 0 Å². The number of hydrogen-bond donors (Lipinski definition) is 2. The van der Waals surface area contributed by atoms with Crippen molar-refractivity contribution in [3.05, 3.63) is 0 Å². The number of rotatable bonds is 5. The Morgan fingerprint density at radius 3 is 2.25 bits per heavy atom. The molecule has 0 radical (unpaired) electrons. The summed E-state index contributed by atoms with van der Waals surface area (Å²) in [7, 11) is 0. The van der Waals surface area contributed by atoms with Crippen LogP contribution in [0, 0.1) is 0 Å². The van der Waals surface area contributed by atoms with E-state index in [9.17, 15) is 22.8 Å². The van der Waals surface area contributed by atoms with Gasteiger partial charge in [0.15, 0.2) is 0 Å². The maximum absolute atomic E-state index is 11.7. The summed E-state index contributed by atoms with van der Waals surface area (Å²) in [5, 5.41) is 8.39. The summed E-state index contributed by atoms with van der Waals surface area (Å²) in [6, 6.07) is -1.17. The van der Waals surface area contributed by atoms with Gasteiger partial charge in [-0.1, -0.05) is 0 Å². The average molecular weight is 243 g/mol. The third kappa shape index (κ3) is 5.54. The zero-order valence-corrected chi connectivity index (χ0v) is 8.45. The molecule has 0 saturated carbocycles. The van der Waals surface area contributed by atoms with Gasteiger partial charge >= 0.3 is 18.1 Å². The fourth-order valence-electron chi connectivity index (χ4n) is 0.846. The molecule has 0 heterocycles. The van der Waals surface area contributed by atoms with Crippen molar-refractivity contribution in [2.45, 2.75) is 38.1 Å². The summed E-state index contributed by atoms with van der Waals surface area (Å²) >= 11 is 0. The molecule has 8 heteroatoms. The molecule has 16 heavy (non-hydrogen) atoms. The van der Waals surface area contributed by atoms with Gasteiger partial charge < -0.3 is 15.6 Å². The van der Waals surface area contributed by atoms with Gasteiger partial charge in [-0.05, 0) is 19.8 Å². The lowest BCUT2D eigenvalue weighted by molar-refractivity contribution is -0.204. The van der Waals surface area contributed by atoms with Gasteiger partial charge in [0.1, 0.15) is 6.04 Å². The molecule has 0 bridgehead atoms. The first-order valence-electron chi connectivity index (χ1n) is 4.40. The predicted octanol–water partition coefficient (Wildman–Crippen LogP) is 0.673. The number of carboxylic acid groups (broad SMARTS) is 1. The van der Waals surface area contributed by atoms with Crippen molar-refractivity contribution in [1.29, 1.82) is 0 Å². The Labute approximate surface area is 89.4 Å². The van der Waals surface area contributed by atoms with Gasteiger partial charge in [0.2, 0.25) is 0 Å². The van der Waals surface area contributed by atoms with Gasteiger partial charge in [-0.2, -0.15) is 13.2 Å². The number of carboxylic acids is 1. The van der Waals surface area contributed by atoms with E-state index in [4.69, 9.17) is 10.8 Å². The molecule has 0 saturated heterocycles. The standard InChI is InChI=1S/C8H12F3NO4/c1-4(2-3-5(12)6(13)14)16-7(15)8(9,10)11/h4-5H,2-3,12H2,1H3,(H,13,14). The van der Waals surface area contributed by atoms with Gasteiger partial charge in [-0.25, -0.2) is 4.79 Å². The first-order valence-corrected chi connectivity index (χ1v) is 4.40. The van der Waals surface area contributed by atoms with Gasteiger partial charge in [0, 0.05) is 0 Å². The molecule has 0 spiro atoms. The van der Waals surface area contributed by atoms with E-state index in [0.717, 1.165) is 0 Å². The van der Waals surface area contributed by atoms with E-state index < -0.39 is 30.3 Å². The van der Waals surface area contributed by atoms with Crippen molar-refractivity contribution in [2.24, 2.45) is 5.73 Å².